The average molecular weight is 481 g/mol. The molecule has 3 aliphatic rings. The van der Waals surface area contributed by atoms with Gasteiger partial charge in [-0.25, -0.2) is 0 Å². The first-order valence-corrected chi connectivity index (χ1v) is 12.8. The summed E-state index contributed by atoms with van der Waals surface area (Å²) in [4.78, 5) is 19.9. The lowest BCUT2D eigenvalue weighted by Crippen LogP contribution is -2.71. The molecular formula is C28H36N2O5. The van der Waals surface area contributed by atoms with E-state index < -0.39 is 5.60 Å². The number of β-lactam (4-membered cyclic amide) rings is 1. The number of carbonyl (C=O) groups is 1. The van der Waals surface area contributed by atoms with Crippen LogP contribution in [-0.2, 0) is 25.4 Å². The van der Waals surface area contributed by atoms with Crippen molar-refractivity contribution >= 4 is 5.91 Å². The summed E-state index contributed by atoms with van der Waals surface area (Å²) >= 11 is 0. The number of aromatic nitrogens is 1. The average Bonchev–Trinajstić information content (AvgIpc) is 3.73. The molecule has 1 saturated heterocycles. The van der Waals surface area contributed by atoms with Crippen LogP contribution in [0.5, 0.6) is 5.75 Å². The van der Waals surface area contributed by atoms with E-state index in [0.29, 0.717) is 12.3 Å². The Hall–Kier alpha value is -2.48. The van der Waals surface area contributed by atoms with Crippen LogP contribution in [0.1, 0.15) is 73.7 Å². The zero-order chi connectivity index (χ0) is 24.3. The van der Waals surface area contributed by atoms with E-state index in [4.69, 9.17) is 18.9 Å². The van der Waals surface area contributed by atoms with E-state index in [2.05, 4.69) is 29.2 Å². The van der Waals surface area contributed by atoms with Crippen LogP contribution < -0.4 is 4.74 Å². The molecule has 2 heterocycles. The summed E-state index contributed by atoms with van der Waals surface area (Å²) in [6, 6.07) is 12.1. The molecule has 2 aliphatic carbocycles. The number of pyridine rings is 1. The number of nitrogens with zero attached hydrogens (tertiary/aromatic N) is 2. The van der Waals surface area contributed by atoms with Crippen molar-refractivity contribution in [2.24, 2.45) is 0 Å². The summed E-state index contributed by atoms with van der Waals surface area (Å²) in [5, 5.41) is 0. The van der Waals surface area contributed by atoms with E-state index in [1.807, 2.05) is 12.1 Å². The first kappa shape index (κ1) is 24.2. The number of ether oxygens (including phenoxy) is 4. The standard InChI is InChI=1S/C28H36N2O5/c1-32-18-30-26(22-12-10-21(11-13-22)20-8-9-20)28(27(30)31,34-19-33-2)17-23-16-25(14-15-29-23)35-24-6-4-3-5-7-24/h10-16,20,24,26H,3-9,17-19H2,1-2H3/t26-,28+/m0/s1. The molecule has 1 aliphatic heterocycles. The molecule has 2 atom stereocenters. The largest absolute Gasteiger partial charge is 0.490 e. The van der Waals surface area contributed by atoms with Crippen molar-refractivity contribution in [1.29, 1.82) is 0 Å². The number of carbonyl (C=O) groups excluding carboxylic acids is 1. The fraction of sp³-hybridized carbons (Fsp3) is 0.571. The van der Waals surface area contributed by atoms with E-state index in [1.165, 1.54) is 37.7 Å². The van der Waals surface area contributed by atoms with Gasteiger partial charge in [0, 0.05) is 38.6 Å². The minimum atomic E-state index is -1.12. The molecule has 1 amide bonds. The van der Waals surface area contributed by atoms with E-state index in [1.54, 1.807) is 25.3 Å². The molecule has 2 saturated carbocycles. The summed E-state index contributed by atoms with van der Waals surface area (Å²) in [6.45, 7) is 0.214. The summed E-state index contributed by atoms with van der Waals surface area (Å²) in [5.41, 5.74) is 2.03. The second-order valence-electron chi connectivity index (χ2n) is 10.0. The van der Waals surface area contributed by atoms with Gasteiger partial charge in [0.15, 0.2) is 5.60 Å². The van der Waals surface area contributed by atoms with Crippen LogP contribution in [-0.4, -0.2) is 55.2 Å². The Morgan fingerprint density at radius 3 is 2.40 bits per heavy atom. The minimum absolute atomic E-state index is 0.0154. The maximum atomic E-state index is 13.6. The van der Waals surface area contributed by atoms with Crippen molar-refractivity contribution < 1.29 is 23.7 Å². The highest BCUT2D eigenvalue weighted by Gasteiger charge is 2.62. The highest BCUT2D eigenvalue weighted by Crippen LogP contribution is 2.49. The van der Waals surface area contributed by atoms with Gasteiger partial charge in [0.05, 0.1) is 12.1 Å². The molecule has 0 unspecified atom stereocenters. The number of methoxy groups -OCH3 is 2. The zero-order valence-corrected chi connectivity index (χ0v) is 20.8. The lowest BCUT2D eigenvalue weighted by Gasteiger charge is -2.55. The first-order valence-electron chi connectivity index (χ1n) is 12.8. The number of hydrogen-bond acceptors (Lipinski definition) is 6. The van der Waals surface area contributed by atoms with E-state index in [0.717, 1.165) is 29.8 Å². The number of hydrogen-bond donors (Lipinski definition) is 0. The molecule has 0 radical (unpaired) electrons. The van der Waals surface area contributed by atoms with Gasteiger partial charge in [-0.3, -0.25) is 9.78 Å². The van der Waals surface area contributed by atoms with Gasteiger partial charge in [0.25, 0.3) is 5.91 Å². The Labute approximate surface area is 207 Å². The Morgan fingerprint density at radius 1 is 0.971 bits per heavy atom. The molecule has 0 bridgehead atoms. The lowest BCUT2D eigenvalue weighted by molar-refractivity contribution is -0.235. The molecule has 1 aromatic heterocycles. The van der Waals surface area contributed by atoms with Crippen molar-refractivity contribution in [2.45, 2.75) is 75.0 Å². The number of benzene rings is 1. The van der Waals surface area contributed by atoms with Crippen LogP contribution in [0.4, 0.5) is 0 Å². The predicted octanol–water partition coefficient (Wildman–Crippen LogP) is 4.76. The quantitative estimate of drug-likeness (QED) is 0.341. The normalized spacial score (nSPS) is 24.9. The summed E-state index contributed by atoms with van der Waals surface area (Å²) in [7, 11) is 3.17. The van der Waals surface area contributed by atoms with Crippen molar-refractivity contribution in [3.05, 3.63) is 59.4 Å². The van der Waals surface area contributed by atoms with Gasteiger partial charge < -0.3 is 23.8 Å². The number of likely N-dealkylation sites (tertiary alicyclic amines) is 1. The van der Waals surface area contributed by atoms with E-state index in [-0.39, 0.29) is 31.6 Å². The molecule has 1 aromatic carbocycles. The number of amides is 1. The van der Waals surface area contributed by atoms with Crippen LogP contribution in [0.15, 0.2) is 42.6 Å². The van der Waals surface area contributed by atoms with Gasteiger partial charge in [-0.2, -0.15) is 0 Å². The molecule has 7 nitrogen and oxygen atoms in total. The van der Waals surface area contributed by atoms with Gasteiger partial charge in [-0.15, -0.1) is 0 Å². The molecule has 188 valence electrons. The maximum Gasteiger partial charge on any atom is 0.260 e. The van der Waals surface area contributed by atoms with Crippen molar-refractivity contribution in [3.63, 3.8) is 0 Å². The monoisotopic (exact) mass is 480 g/mol. The van der Waals surface area contributed by atoms with Crippen LogP contribution in [0.2, 0.25) is 0 Å². The van der Waals surface area contributed by atoms with Crippen LogP contribution in [0.3, 0.4) is 0 Å². The number of rotatable bonds is 11. The van der Waals surface area contributed by atoms with Gasteiger partial charge in [-0.1, -0.05) is 30.7 Å². The van der Waals surface area contributed by atoms with Crippen molar-refractivity contribution in [3.8, 4) is 5.75 Å². The Morgan fingerprint density at radius 2 is 1.71 bits per heavy atom. The second-order valence-corrected chi connectivity index (χ2v) is 10.0. The minimum Gasteiger partial charge on any atom is -0.490 e. The van der Waals surface area contributed by atoms with Gasteiger partial charge in [0.2, 0.25) is 0 Å². The fourth-order valence-electron chi connectivity index (χ4n) is 5.55. The zero-order valence-electron chi connectivity index (χ0n) is 20.8. The van der Waals surface area contributed by atoms with Crippen molar-refractivity contribution in [1.82, 2.24) is 9.88 Å². The highest BCUT2D eigenvalue weighted by atomic mass is 16.7. The SMILES string of the molecule is COCO[C@@]1(Cc2cc(OC3CCCCC3)ccn2)C(=O)N(COC)[C@H]1c1ccc(C2CC2)cc1. The molecule has 2 aromatic rings. The third kappa shape index (κ3) is 5.08. The lowest BCUT2D eigenvalue weighted by atomic mass is 9.74. The predicted molar refractivity (Wildman–Crippen MR) is 131 cm³/mol. The van der Waals surface area contributed by atoms with Crippen LogP contribution in [0, 0.1) is 0 Å². The third-order valence-electron chi connectivity index (χ3n) is 7.47. The molecular weight excluding hydrogens is 444 g/mol. The second kappa shape index (κ2) is 10.6. The molecule has 5 rings (SSSR count). The molecule has 0 N–H and O–H groups in total. The van der Waals surface area contributed by atoms with Gasteiger partial charge in [-0.05, 0) is 61.6 Å². The molecule has 3 fully saturated rings. The van der Waals surface area contributed by atoms with Crippen molar-refractivity contribution in [2.75, 3.05) is 27.7 Å². The summed E-state index contributed by atoms with van der Waals surface area (Å²) in [5.74, 6) is 1.36. The summed E-state index contributed by atoms with van der Waals surface area (Å²) < 4.78 is 23.1. The van der Waals surface area contributed by atoms with Gasteiger partial charge >= 0.3 is 0 Å². The highest BCUT2D eigenvalue weighted by molar-refractivity contribution is 5.93. The molecule has 35 heavy (non-hydrogen) atoms. The maximum absolute atomic E-state index is 13.6. The smallest absolute Gasteiger partial charge is 0.260 e. The fourth-order valence-corrected chi connectivity index (χ4v) is 5.55. The Balaban J connectivity index is 1.42. The Kier molecular flexibility index (Phi) is 7.37. The third-order valence-corrected chi connectivity index (χ3v) is 7.47. The van der Waals surface area contributed by atoms with Gasteiger partial charge in [0.1, 0.15) is 19.3 Å². The van der Waals surface area contributed by atoms with Crippen LogP contribution >= 0.6 is 0 Å². The molecule has 7 heteroatoms. The summed E-state index contributed by atoms with van der Waals surface area (Å²) in [6.07, 6.45) is 10.7. The van der Waals surface area contributed by atoms with Crippen LogP contribution in [0.25, 0.3) is 0 Å². The first-order chi connectivity index (χ1) is 17.1. The van der Waals surface area contributed by atoms with E-state index >= 15 is 0 Å². The topological polar surface area (TPSA) is 70.1 Å². The molecule has 0 spiro atoms. The van der Waals surface area contributed by atoms with E-state index in [9.17, 15) is 4.79 Å². The Bertz CT molecular complexity index is 1000.